The van der Waals surface area contributed by atoms with Crippen LogP contribution in [0.5, 0.6) is 0 Å². The van der Waals surface area contributed by atoms with E-state index in [-0.39, 0.29) is 0 Å². The van der Waals surface area contributed by atoms with E-state index in [1.54, 1.807) is 12.1 Å². The van der Waals surface area contributed by atoms with Crippen molar-refractivity contribution in [3.05, 3.63) is 65.2 Å². The first-order valence-electron chi connectivity index (χ1n) is 8.00. The monoisotopic (exact) mass is 362 g/mol. The number of aromatic amines is 1. The molecule has 0 aliphatic carbocycles. The van der Waals surface area contributed by atoms with Crippen molar-refractivity contribution in [2.75, 3.05) is 5.73 Å². The first-order valence-corrected chi connectivity index (χ1v) is 8.38. The summed E-state index contributed by atoms with van der Waals surface area (Å²) in [6.45, 7) is 1.94. The highest BCUT2D eigenvalue weighted by atomic mass is 35.5. The van der Waals surface area contributed by atoms with Gasteiger partial charge in [0.25, 0.3) is 0 Å². The fourth-order valence-electron chi connectivity index (χ4n) is 2.79. The lowest BCUT2D eigenvalue weighted by atomic mass is 10.0. The molecule has 0 amide bonds. The first kappa shape index (κ1) is 16.2. The molecule has 0 radical (unpaired) electrons. The number of hydrogen-bond donors (Lipinski definition) is 2. The molecule has 0 atom stereocenters. The number of hydrogen-bond acceptors (Lipinski definition) is 5. The zero-order valence-corrected chi connectivity index (χ0v) is 14.7. The Labute approximate surface area is 154 Å². The van der Waals surface area contributed by atoms with E-state index < -0.39 is 0 Å². The molecule has 0 aliphatic rings. The Hall–Kier alpha value is -3.25. The number of aryl methyl sites for hydroxylation is 1. The topological polar surface area (TPSA) is 92.3 Å². The van der Waals surface area contributed by atoms with E-state index >= 15 is 0 Å². The number of H-pyrrole nitrogens is 1. The summed E-state index contributed by atoms with van der Waals surface area (Å²) in [7, 11) is 0. The molecule has 0 aliphatic heterocycles. The second-order valence-electron chi connectivity index (χ2n) is 5.81. The van der Waals surface area contributed by atoms with E-state index in [2.05, 4.69) is 25.4 Å². The van der Waals surface area contributed by atoms with Crippen LogP contribution in [0.2, 0.25) is 5.02 Å². The molecular weight excluding hydrogens is 348 g/mol. The number of pyridine rings is 1. The van der Waals surface area contributed by atoms with Crippen molar-refractivity contribution in [3.63, 3.8) is 0 Å². The molecule has 0 bridgehead atoms. The highest BCUT2D eigenvalue weighted by Crippen LogP contribution is 2.38. The van der Waals surface area contributed by atoms with Gasteiger partial charge in [-0.2, -0.15) is 10.2 Å². The van der Waals surface area contributed by atoms with Crippen molar-refractivity contribution < 1.29 is 0 Å². The smallest absolute Gasteiger partial charge is 0.184 e. The lowest BCUT2D eigenvalue weighted by molar-refractivity contribution is 1.10. The fourth-order valence-corrected chi connectivity index (χ4v) is 2.91. The molecule has 128 valence electrons. The average molecular weight is 363 g/mol. The Kier molecular flexibility index (Phi) is 4.10. The Bertz CT molecular complexity index is 1100. The van der Waals surface area contributed by atoms with E-state index in [0.717, 1.165) is 16.5 Å². The molecule has 2 aromatic carbocycles. The van der Waals surface area contributed by atoms with Gasteiger partial charge >= 0.3 is 0 Å². The molecule has 0 saturated carbocycles. The number of nitrogens with two attached hydrogens (primary N) is 1. The Morgan fingerprint density at radius 3 is 2.46 bits per heavy atom. The Morgan fingerprint density at radius 1 is 1.00 bits per heavy atom. The highest BCUT2D eigenvalue weighted by molar-refractivity contribution is 6.30. The highest BCUT2D eigenvalue weighted by Gasteiger charge is 2.17. The molecule has 6 nitrogen and oxygen atoms in total. The third-order valence-electron chi connectivity index (χ3n) is 4.09. The molecule has 26 heavy (non-hydrogen) atoms. The minimum atomic E-state index is 0.465. The van der Waals surface area contributed by atoms with Gasteiger partial charge in [0.05, 0.1) is 11.1 Å². The van der Waals surface area contributed by atoms with Gasteiger partial charge in [0.15, 0.2) is 5.65 Å². The van der Waals surface area contributed by atoms with Gasteiger partial charge in [-0.3, -0.25) is 5.10 Å². The number of fused-ring (bicyclic) bond motifs is 1. The maximum atomic E-state index is 6.01. The number of nitrogens with one attached hydrogen (secondary N) is 1. The lowest BCUT2D eigenvalue weighted by Gasteiger charge is -2.08. The van der Waals surface area contributed by atoms with Gasteiger partial charge < -0.3 is 5.73 Å². The average Bonchev–Trinajstić information content (AvgIpc) is 3.04. The number of nitrogen functional groups attached to an aromatic ring is 1. The third kappa shape index (κ3) is 2.91. The van der Waals surface area contributed by atoms with E-state index in [0.29, 0.717) is 33.6 Å². The SMILES string of the molecule is Cc1c(N=Nc2ccc(Cl)cc2)c(-c2ccccc2)nc2n[nH]c(N)c12. The second-order valence-corrected chi connectivity index (χ2v) is 6.25. The van der Waals surface area contributed by atoms with Crippen molar-refractivity contribution in [2.45, 2.75) is 6.92 Å². The van der Waals surface area contributed by atoms with Crippen LogP contribution in [-0.4, -0.2) is 15.2 Å². The largest absolute Gasteiger partial charge is 0.384 e. The summed E-state index contributed by atoms with van der Waals surface area (Å²) in [4.78, 5) is 4.66. The van der Waals surface area contributed by atoms with Gasteiger partial charge in [0.1, 0.15) is 17.2 Å². The van der Waals surface area contributed by atoms with Crippen LogP contribution in [0.1, 0.15) is 5.56 Å². The van der Waals surface area contributed by atoms with Gasteiger partial charge in [0, 0.05) is 10.6 Å². The van der Waals surface area contributed by atoms with Crippen LogP contribution in [0, 0.1) is 6.92 Å². The maximum Gasteiger partial charge on any atom is 0.184 e. The molecule has 0 fully saturated rings. The van der Waals surface area contributed by atoms with Crippen molar-refractivity contribution >= 4 is 39.8 Å². The van der Waals surface area contributed by atoms with Crippen LogP contribution in [0.25, 0.3) is 22.3 Å². The molecule has 0 saturated heterocycles. The molecular formula is C19H15ClN6. The molecule has 2 aromatic heterocycles. The number of anilines is 1. The summed E-state index contributed by atoms with van der Waals surface area (Å²) in [5, 5.41) is 17.2. The third-order valence-corrected chi connectivity index (χ3v) is 4.34. The zero-order valence-electron chi connectivity index (χ0n) is 13.9. The minimum absolute atomic E-state index is 0.465. The molecule has 4 rings (SSSR count). The van der Waals surface area contributed by atoms with Crippen molar-refractivity contribution in [2.24, 2.45) is 10.2 Å². The molecule has 0 unspecified atom stereocenters. The molecule has 2 heterocycles. The van der Waals surface area contributed by atoms with E-state index in [1.807, 2.05) is 49.4 Å². The van der Waals surface area contributed by atoms with Crippen LogP contribution >= 0.6 is 11.6 Å². The van der Waals surface area contributed by atoms with Crippen LogP contribution < -0.4 is 5.73 Å². The number of nitrogens with zero attached hydrogens (tertiary/aromatic N) is 4. The summed E-state index contributed by atoms with van der Waals surface area (Å²) in [5.41, 5.74) is 10.4. The van der Waals surface area contributed by atoms with Gasteiger partial charge in [-0.1, -0.05) is 41.9 Å². The number of azo groups is 1. The van der Waals surface area contributed by atoms with Gasteiger partial charge in [-0.25, -0.2) is 4.98 Å². The molecule has 7 heteroatoms. The molecule has 3 N–H and O–H groups in total. The normalized spacial score (nSPS) is 11.5. The lowest BCUT2D eigenvalue weighted by Crippen LogP contribution is -1.92. The molecule has 0 spiro atoms. The van der Waals surface area contributed by atoms with Crippen molar-refractivity contribution in [1.82, 2.24) is 15.2 Å². The number of halogens is 1. The number of aromatic nitrogens is 3. The van der Waals surface area contributed by atoms with E-state index in [1.165, 1.54) is 0 Å². The Balaban J connectivity index is 1.91. The summed E-state index contributed by atoms with van der Waals surface area (Å²) in [6, 6.07) is 17.0. The van der Waals surface area contributed by atoms with Crippen LogP contribution in [-0.2, 0) is 0 Å². The van der Waals surface area contributed by atoms with Gasteiger partial charge in [-0.15, -0.1) is 5.11 Å². The zero-order chi connectivity index (χ0) is 18.1. The second kappa shape index (κ2) is 6.57. The standard InChI is InChI=1S/C19H15ClN6/c1-11-15-18(21)25-26-19(15)22-17(12-5-3-2-4-6-12)16(11)24-23-14-9-7-13(20)8-10-14/h2-10H,1H3,(H3,21,22,25,26). The fraction of sp³-hybridized carbons (Fsp3) is 0.0526. The number of rotatable bonds is 3. The Morgan fingerprint density at radius 2 is 1.73 bits per heavy atom. The summed E-state index contributed by atoms with van der Waals surface area (Å²) in [5.74, 6) is 0.465. The number of benzene rings is 2. The van der Waals surface area contributed by atoms with E-state index in [4.69, 9.17) is 17.3 Å². The minimum Gasteiger partial charge on any atom is -0.384 e. The van der Waals surface area contributed by atoms with E-state index in [9.17, 15) is 0 Å². The predicted molar refractivity (Wildman–Crippen MR) is 104 cm³/mol. The quantitative estimate of drug-likeness (QED) is 0.465. The van der Waals surface area contributed by atoms with Crippen LogP contribution in [0.3, 0.4) is 0 Å². The van der Waals surface area contributed by atoms with Gasteiger partial charge in [-0.05, 0) is 36.8 Å². The van der Waals surface area contributed by atoms with Crippen LogP contribution in [0.4, 0.5) is 17.2 Å². The summed E-state index contributed by atoms with van der Waals surface area (Å²) in [6.07, 6.45) is 0. The van der Waals surface area contributed by atoms with Crippen molar-refractivity contribution in [3.8, 4) is 11.3 Å². The van der Waals surface area contributed by atoms with Gasteiger partial charge in [0.2, 0.25) is 0 Å². The summed E-state index contributed by atoms with van der Waals surface area (Å²) < 4.78 is 0. The van der Waals surface area contributed by atoms with Crippen molar-refractivity contribution in [1.29, 1.82) is 0 Å². The first-order chi connectivity index (χ1) is 12.6. The molecule has 4 aromatic rings. The van der Waals surface area contributed by atoms with Crippen LogP contribution in [0.15, 0.2) is 64.8 Å². The predicted octanol–water partition coefficient (Wildman–Crippen LogP) is 5.58. The maximum absolute atomic E-state index is 6.01. The summed E-state index contributed by atoms with van der Waals surface area (Å²) >= 11 is 5.92.